The minimum absolute atomic E-state index is 0.638. The summed E-state index contributed by atoms with van der Waals surface area (Å²) in [6, 6.07) is 189. The summed E-state index contributed by atoms with van der Waals surface area (Å²) in [5.41, 5.74) is 28.3. The van der Waals surface area contributed by atoms with Crippen LogP contribution in [0.25, 0.3) is 281 Å². The minimum atomic E-state index is 0.638. The molecule has 29 rings (SSSR count). The van der Waals surface area contributed by atoms with E-state index in [1.54, 1.807) is 0 Å². The van der Waals surface area contributed by atoms with E-state index in [-0.39, 0.29) is 0 Å². The van der Waals surface area contributed by atoms with Crippen molar-refractivity contribution in [3.63, 3.8) is 0 Å². The smallest absolute Gasteiger partial charge is 0.164 e. The van der Waals surface area contributed by atoms with Crippen molar-refractivity contribution in [2.24, 2.45) is 0 Å². The van der Waals surface area contributed by atoms with Crippen LogP contribution in [0.5, 0.6) is 0 Å². The quantitative estimate of drug-likeness (QED) is 0.107. The van der Waals surface area contributed by atoms with E-state index in [4.69, 9.17) is 24.9 Å². The molecule has 0 bridgehead atoms. The van der Waals surface area contributed by atoms with E-state index in [9.17, 15) is 0 Å². The number of benzene rings is 25. The van der Waals surface area contributed by atoms with Crippen molar-refractivity contribution in [3.8, 4) is 140 Å². The SMILES string of the molecule is c1ccc(-n2c(-c3ccc(-c4ccc5c(-c6ccc7ccccc7c6)c6ccccc6c(-c6ccc7ccccc7c6)c5c4)cc3)nc3ccccc32)cc1.c1ccc2cc(-c3c4ccccc4c(-c4ccc5ccccc5c4)c4cc(-c5ccc(-c6cnc7ccccc7c6)cc5)ccc34)ccc2c1.c1ccc2cc(-c3nc(-c4ccc(-c5cccc6cccnc56)cc4)nc(-c4ccc5ccccc5c4)n3)ccc2c1. The Morgan fingerprint density at radius 2 is 0.463 bits per heavy atom. The largest absolute Gasteiger partial charge is 0.292 e. The zero-order chi connectivity index (χ0) is 97.2. The molecule has 7 nitrogen and oxygen atoms in total. The molecule has 7 heteroatoms. The molecule has 0 aliphatic heterocycles. The molecular formula is C140H89N7. The summed E-state index contributed by atoms with van der Waals surface area (Å²) < 4.78 is 2.26. The summed E-state index contributed by atoms with van der Waals surface area (Å²) >= 11 is 0. The predicted octanol–water partition coefficient (Wildman–Crippen LogP) is 37.2. The summed E-state index contributed by atoms with van der Waals surface area (Å²) in [7, 11) is 0. The first-order valence-electron chi connectivity index (χ1n) is 50.0. The lowest BCUT2D eigenvalue weighted by Crippen LogP contribution is -2.00. The van der Waals surface area contributed by atoms with E-state index < -0.39 is 0 Å². The number of hydrogen-bond acceptors (Lipinski definition) is 6. The molecule has 25 aromatic carbocycles. The van der Waals surface area contributed by atoms with Crippen LogP contribution < -0.4 is 0 Å². The van der Waals surface area contributed by atoms with Crippen LogP contribution in [0.1, 0.15) is 0 Å². The number of fused-ring (bicyclic) bond motifs is 13. The molecule has 29 aromatic rings. The van der Waals surface area contributed by atoms with Gasteiger partial charge in [-0.2, -0.15) is 0 Å². The second-order valence-corrected chi connectivity index (χ2v) is 37.9. The van der Waals surface area contributed by atoms with Crippen molar-refractivity contribution >= 4 is 141 Å². The summed E-state index contributed by atoms with van der Waals surface area (Å²) in [5.74, 6) is 2.87. The first-order chi connectivity index (χ1) is 72.8. The summed E-state index contributed by atoms with van der Waals surface area (Å²) in [6.45, 7) is 0. The Morgan fingerprint density at radius 1 is 0.156 bits per heavy atom. The highest BCUT2D eigenvalue weighted by atomic mass is 15.1. The number of nitrogens with zero attached hydrogens (tertiary/aromatic N) is 7. The monoisotopic (exact) mass is 1870 g/mol. The highest BCUT2D eigenvalue weighted by molar-refractivity contribution is 6.25. The van der Waals surface area contributed by atoms with Crippen molar-refractivity contribution in [2.45, 2.75) is 0 Å². The molecule has 0 saturated carbocycles. The average Bonchev–Trinajstić information content (AvgIpc) is 1.41. The van der Waals surface area contributed by atoms with Gasteiger partial charge in [0.15, 0.2) is 17.5 Å². The molecule has 0 atom stereocenters. The number of aromatic nitrogens is 7. The zero-order valence-electron chi connectivity index (χ0n) is 80.0. The van der Waals surface area contributed by atoms with Gasteiger partial charge in [0.2, 0.25) is 0 Å². The Labute approximate surface area is 849 Å². The van der Waals surface area contributed by atoms with Gasteiger partial charge in [0.05, 0.1) is 22.1 Å². The maximum Gasteiger partial charge on any atom is 0.164 e. The van der Waals surface area contributed by atoms with Crippen LogP contribution in [0.15, 0.2) is 540 Å². The fourth-order valence-corrected chi connectivity index (χ4v) is 21.8. The lowest BCUT2D eigenvalue weighted by molar-refractivity contribution is 1.08. The third kappa shape index (κ3) is 16.3. The molecule has 4 aromatic heterocycles. The number of imidazole rings is 1. The molecule has 0 fully saturated rings. The second kappa shape index (κ2) is 37.1. The van der Waals surface area contributed by atoms with Gasteiger partial charge < -0.3 is 0 Å². The normalized spacial score (nSPS) is 11.5. The molecule has 0 unspecified atom stereocenters. The van der Waals surface area contributed by atoms with Crippen LogP contribution in [0.4, 0.5) is 0 Å². The van der Waals surface area contributed by atoms with E-state index in [0.717, 1.165) is 105 Å². The van der Waals surface area contributed by atoms with E-state index >= 15 is 0 Å². The van der Waals surface area contributed by atoms with Crippen molar-refractivity contribution in [2.75, 3.05) is 0 Å². The number of hydrogen-bond donors (Lipinski definition) is 0. The van der Waals surface area contributed by atoms with Gasteiger partial charge in [0, 0.05) is 62.2 Å². The Balaban J connectivity index is 0.000000110. The first kappa shape index (κ1) is 86.5. The van der Waals surface area contributed by atoms with Gasteiger partial charge >= 0.3 is 0 Å². The lowest BCUT2D eigenvalue weighted by atomic mass is 9.84. The molecule has 684 valence electrons. The maximum atomic E-state index is 5.12. The van der Waals surface area contributed by atoms with Crippen LogP contribution >= 0.6 is 0 Å². The second-order valence-electron chi connectivity index (χ2n) is 37.9. The van der Waals surface area contributed by atoms with Crippen LogP contribution in [-0.4, -0.2) is 34.5 Å². The van der Waals surface area contributed by atoms with Gasteiger partial charge in [-0.1, -0.05) is 437 Å². The number of rotatable bonds is 13. The van der Waals surface area contributed by atoms with Crippen molar-refractivity contribution in [3.05, 3.63) is 540 Å². The Kier molecular flexibility index (Phi) is 21.8. The number of para-hydroxylation sites is 5. The van der Waals surface area contributed by atoms with Gasteiger partial charge in [-0.15, -0.1) is 0 Å². The molecule has 0 aliphatic rings. The maximum absolute atomic E-state index is 5.12. The van der Waals surface area contributed by atoms with E-state index in [1.165, 1.54) is 158 Å². The molecule has 0 radical (unpaired) electrons. The van der Waals surface area contributed by atoms with E-state index in [1.807, 2.05) is 24.5 Å². The molecule has 0 N–H and O–H groups in total. The molecule has 147 heavy (non-hydrogen) atoms. The molecule has 4 heterocycles. The van der Waals surface area contributed by atoms with Crippen molar-refractivity contribution < 1.29 is 0 Å². The summed E-state index contributed by atoms with van der Waals surface area (Å²) in [6.07, 6.45) is 3.82. The van der Waals surface area contributed by atoms with Gasteiger partial charge in [-0.25, -0.2) is 19.9 Å². The van der Waals surface area contributed by atoms with Crippen LogP contribution in [0.2, 0.25) is 0 Å². The topological polar surface area (TPSA) is 82.3 Å². The fourth-order valence-electron chi connectivity index (χ4n) is 21.8. The molecular weight excluding hydrogens is 1780 g/mol. The highest BCUT2D eigenvalue weighted by Gasteiger charge is 2.24. The van der Waals surface area contributed by atoms with Crippen LogP contribution in [0.3, 0.4) is 0 Å². The van der Waals surface area contributed by atoms with Gasteiger partial charge in [-0.3, -0.25) is 14.5 Å². The Morgan fingerprint density at radius 3 is 0.912 bits per heavy atom. The Hall–Kier alpha value is -19.6. The molecule has 0 aliphatic carbocycles. The third-order valence-corrected chi connectivity index (χ3v) is 29.1. The zero-order valence-corrected chi connectivity index (χ0v) is 80.0. The van der Waals surface area contributed by atoms with Crippen molar-refractivity contribution in [1.82, 2.24) is 34.5 Å². The fraction of sp³-hybridized carbons (Fsp3) is 0. The van der Waals surface area contributed by atoms with Crippen molar-refractivity contribution in [1.29, 1.82) is 0 Å². The van der Waals surface area contributed by atoms with Gasteiger partial charge in [0.25, 0.3) is 0 Å². The van der Waals surface area contributed by atoms with E-state index in [2.05, 4.69) is 525 Å². The first-order valence-corrected chi connectivity index (χ1v) is 50.0. The van der Waals surface area contributed by atoms with Gasteiger partial charge in [-0.05, 0) is 277 Å². The lowest BCUT2D eigenvalue weighted by Gasteiger charge is -2.19. The molecule has 0 spiro atoms. The Bertz CT molecular complexity index is 10200. The predicted molar refractivity (Wildman–Crippen MR) is 618 cm³/mol. The number of pyridine rings is 2. The standard InChI is InChI=1S/C53H34N2.C49H31N.C38H24N4/c1-2-16-44(17-3-1)55-50-21-11-10-20-49(50)54-53(55)38-26-22-37(23-27-38)41-30-31-47-48(34-41)52(43-29-25-36-13-5-7-15-40(36)33-43)46-19-9-8-18-45(46)51(47)42-28-24-35-12-4-6-14-39(35)32-42;1-3-11-36-27-40(23-21-32(36)9-1)48-43-14-6-7-15-44(43)49(41-24-22-33-10-2-4-12-37(33)28-41)46-30-38(25-26-45(46)48)34-17-19-35(20-18-34)42-29-39-13-5-8-16-47(39)50-31-42;1-3-9-30-23-32(20-14-25(30)7-1)37-40-36(41-38(42-37)33-21-15-26-8-2-4-10-31(26)24-33)29-18-16-27(17-19-29)34-13-5-11-28-12-6-22-39-35(28)34/h1-34H;1-31H;1-24H. The average molecular weight is 1870 g/mol. The minimum Gasteiger partial charge on any atom is -0.292 e. The van der Waals surface area contributed by atoms with Crippen LogP contribution in [-0.2, 0) is 0 Å². The molecule has 0 saturated heterocycles. The van der Waals surface area contributed by atoms with Crippen LogP contribution in [0, 0.1) is 0 Å². The summed E-state index contributed by atoms with van der Waals surface area (Å²) in [5, 5.41) is 26.9. The molecule has 0 amide bonds. The highest BCUT2D eigenvalue weighted by Crippen LogP contribution is 2.50. The summed E-state index contributed by atoms with van der Waals surface area (Å²) in [4.78, 5) is 29.4. The third-order valence-electron chi connectivity index (χ3n) is 29.1. The van der Waals surface area contributed by atoms with Gasteiger partial charge in [0.1, 0.15) is 5.82 Å². The van der Waals surface area contributed by atoms with E-state index in [0.29, 0.717) is 17.5 Å².